The number of carbonyl (C=O) groups excluding carboxylic acids is 1. The molecule has 2 aromatic carbocycles. The van der Waals surface area contributed by atoms with Crippen molar-refractivity contribution >= 4 is 17.7 Å². The Kier molecular flexibility index (Phi) is 7.87. The van der Waals surface area contributed by atoms with Crippen LogP contribution in [0.2, 0.25) is 0 Å². The predicted molar refractivity (Wildman–Crippen MR) is 127 cm³/mol. The quantitative estimate of drug-likeness (QED) is 0.511. The molecule has 0 saturated heterocycles. The third kappa shape index (κ3) is 5.74. The van der Waals surface area contributed by atoms with Crippen molar-refractivity contribution in [3.63, 3.8) is 0 Å². The van der Waals surface area contributed by atoms with Crippen molar-refractivity contribution in [2.24, 2.45) is 0 Å². The summed E-state index contributed by atoms with van der Waals surface area (Å²) in [6.45, 7) is 7.52. The zero-order chi connectivity index (χ0) is 22.4. The van der Waals surface area contributed by atoms with Gasteiger partial charge in [-0.25, -0.2) is 0 Å². The number of carbonyl (C=O) groups is 1. The van der Waals surface area contributed by atoms with E-state index in [-0.39, 0.29) is 11.9 Å². The van der Waals surface area contributed by atoms with Gasteiger partial charge >= 0.3 is 0 Å². The van der Waals surface area contributed by atoms with E-state index in [9.17, 15) is 4.79 Å². The number of amides is 1. The smallest absolute Gasteiger partial charge is 0.230 e. The number of hydrogen-bond acceptors (Lipinski definition) is 5. The molecule has 3 aromatic rings. The Hall–Kier alpha value is -2.64. The number of nitrogens with zero attached hydrogens (tertiary/aromatic N) is 4. The predicted octanol–water partition coefficient (Wildman–Crippen LogP) is 4.09. The van der Waals surface area contributed by atoms with Crippen LogP contribution in [0.3, 0.4) is 0 Å². The lowest BCUT2D eigenvalue weighted by molar-refractivity contribution is -0.118. The summed E-state index contributed by atoms with van der Waals surface area (Å²) in [6, 6.07) is 16.7. The van der Waals surface area contributed by atoms with Crippen LogP contribution in [0.1, 0.15) is 29.7 Å². The van der Waals surface area contributed by atoms with Crippen molar-refractivity contribution in [1.82, 2.24) is 25.0 Å². The van der Waals surface area contributed by atoms with Crippen molar-refractivity contribution in [3.8, 4) is 11.4 Å². The Bertz CT molecular complexity index is 1010. The van der Waals surface area contributed by atoms with Gasteiger partial charge in [-0.1, -0.05) is 65.9 Å². The number of thioether (sulfide) groups is 1. The van der Waals surface area contributed by atoms with Gasteiger partial charge in [0.1, 0.15) is 0 Å². The van der Waals surface area contributed by atoms with Gasteiger partial charge in [0.15, 0.2) is 11.0 Å². The lowest BCUT2D eigenvalue weighted by Crippen LogP contribution is -2.35. The van der Waals surface area contributed by atoms with E-state index in [1.165, 1.54) is 22.9 Å². The maximum atomic E-state index is 12.6. The molecule has 0 fully saturated rings. The Morgan fingerprint density at radius 3 is 2.45 bits per heavy atom. The SMILES string of the molecule is CCn1c(SCC(=O)NCC(c2ccc(C)cc2)N(C)C)nnc1-c1ccccc1C. The van der Waals surface area contributed by atoms with Crippen LogP contribution < -0.4 is 5.32 Å². The third-order valence-corrected chi connectivity index (χ3v) is 6.30. The second-order valence-corrected chi connectivity index (χ2v) is 8.79. The highest BCUT2D eigenvalue weighted by molar-refractivity contribution is 7.99. The lowest BCUT2D eigenvalue weighted by atomic mass is 10.0. The average Bonchev–Trinajstić information content (AvgIpc) is 3.16. The molecule has 31 heavy (non-hydrogen) atoms. The standard InChI is InChI=1S/C24H31N5OS/c1-6-29-23(20-10-8-7-9-18(20)3)26-27-24(29)31-16-22(30)25-15-21(28(4)5)19-13-11-17(2)12-14-19/h7-14,21H,6,15-16H2,1-5H3,(H,25,30). The Labute approximate surface area is 189 Å². The minimum absolute atomic E-state index is 0.00736. The zero-order valence-electron chi connectivity index (χ0n) is 18.9. The first-order valence-electron chi connectivity index (χ1n) is 10.5. The van der Waals surface area contributed by atoms with Crippen LogP contribution in [0, 0.1) is 13.8 Å². The van der Waals surface area contributed by atoms with Gasteiger partial charge in [0.05, 0.1) is 11.8 Å². The van der Waals surface area contributed by atoms with Crippen LogP contribution in [-0.4, -0.2) is 52.0 Å². The second kappa shape index (κ2) is 10.6. The highest BCUT2D eigenvalue weighted by Crippen LogP contribution is 2.26. The van der Waals surface area contributed by atoms with Gasteiger partial charge in [0.2, 0.25) is 5.91 Å². The summed E-state index contributed by atoms with van der Waals surface area (Å²) in [5.74, 6) is 1.14. The minimum atomic E-state index is -0.00736. The second-order valence-electron chi connectivity index (χ2n) is 7.85. The summed E-state index contributed by atoms with van der Waals surface area (Å²) in [6.07, 6.45) is 0. The van der Waals surface area contributed by atoms with Crippen LogP contribution in [0.15, 0.2) is 53.7 Å². The molecular weight excluding hydrogens is 406 g/mol. The third-order valence-electron chi connectivity index (χ3n) is 5.33. The number of hydrogen-bond donors (Lipinski definition) is 1. The van der Waals surface area contributed by atoms with Crippen LogP contribution in [0.25, 0.3) is 11.4 Å². The van der Waals surface area contributed by atoms with E-state index in [1.54, 1.807) is 0 Å². The summed E-state index contributed by atoms with van der Waals surface area (Å²) in [4.78, 5) is 14.7. The number of nitrogens with one attached hydrogen (secondary N) is 1. The fraction of sp³-hybridized carbons (Fsp3) is 0.375. The van der Waals surface area contributed by atoms with E-state index in [1.807, 2.05) is 26.2 Å². The first-order chi connectivity index (χ1) is 14.9. The molecule has 3 rings (SSSR count). The van der Waals surface area contributed by atoms with E-state index in [2.05, 4.69) is 82.2 Å². The van der Waals surface area contributed by atoms with Gasteiger partial charge in [-0.3, -0.25) is 4.79 Å². The number of aromatic nitrogens is 3. The molecule has 0 aliphatic carbocycles. The molecule has 1 amide bonds. The normalized spacial score (nSPS) is 12.2. The van der Waals surface area contributed by atoms with Crippen LogP contribution >= 0.6 is 11.8 Å². The summed E-state index contributed by atoms with van der Waals surface area (Å²) in [7, 11) is 4.06. The molecule has 7 heteroatoms. The van der Waals surface area contributed by atoms with Crippen molar-refractivity contribution < 1.29 is 4.79 Å². The van der Waals surface area contributed by atoms with Crippen molar-refractivity contribution in [1.29, 1.82) is 0 Å². The number of rotatable bonds is 9. The molecule has 1 heterocycles. The van der Waals surface area contributed by atoms with Gasteiger partial charge in [0.25, 0.3) is 0 Å². The largest absolute Gasteiger partial charge is 0.353 e. The fourth-order valence-corrected chi connectivity index (χ4v) is 4.31. The van der Waals surface area contributed by atoms with Gasteiger partial charge in [-0.15, -0.1) is 10.2 Å². The molecule has 1 N–H and O–H groups in total. The highest BCUT2D eigenvalue weighted by atomic mass is 32.2. The molecule has 0 saturated carbocycles. The molecule has 0 aliphatic heterocycles. The minimum Gasteiger partial charge on any atom is -0.353 e. The number of aryl methyl sites for hydroxylation is 2. The van der Waals surface area contributed by atoms with E-state index in [0.717, 1.165) is 28.7 Å². The highest BCUT2D eigenvalue weighted by Gasteiger charge is 2.18. The van der Waals surface area contributed by atoms with Gasteiger partial charge in [-0.2, -0.15) is 0 Å². The van der Waals surface area contributed by atoms with E-state index >= 15 is 0 Å². The molecule has 1 atom stereocenters. The molecule has 1 aromatic heterocycles. The van der Waals surface area contributed by atoms with Gasteiger partial charge in [0, 0.05) is 18.7 Å². The Morgan fingerprint density at radius 2 is 1.81 bits per heavy atom. The molecule has 0 radical (unpaired) electrons. The maximum Gasteiger partial charge on any atom is 0.230 e. The average molecular weight is 438 g/mol. The maximum absolute atomic E-state index is 12.6. The Morgan fingerprint density at radius 1 is 1.10 bits per heavy atom. The summed E-state index contributed by atoms with van der Waals surface area (Å²) < 4.78 is 2.06. The first-order valence-corrected chi connectivity index (χ1v) is 11.5. The zero-order valence-corrected chi connectivity index (χ0v) is 19.7. The summed E-state index contributed by atoms with van der Waals surface area (Å²) in [5.41, 5.74) is 4.65. The van der Waals surface area contributed by atoms with Crippen LogP contribution in [0.5, 0.6) is 0 Å². The topological polar surface area (TPSA) is 63.1 Å². The lowest BCUT2D eigenvalue weighted by Gasteiger charge is -2.25. The molecule has 1 unspecified atom stereocenters. The molecular formula is C24H31N5OS. The number of benzene rings is 2. The van der Waals surface area contributed by atoms with E-state index in [4.69, 9.17) is 0 Å². The van der Waals surface area contributed by atoms with Crippen molar-refractivity contribution in [3.05, 3.63) is 65.2 Å². The molecule has 0 spiro atoms. The number of likely N-dealkylation sites (N-methyl/N-ethyl adjacent to an activating group) is 1. The molecule has 164 valence electrons. The summed E-state index contributed by atoms with van der Waals surface area (Å²) >= 11 is 1.42. The molecule has 0 bridgehead atoms. The molecule has 6 nitrogen and oxygen atoms in total. The van der Waals surface area contributed by atoms with Gasteiger partial charge in [-0.05, 0) is 46.0 Å². The first kappa shape index (κ1) is 23.0. The van der Waals surface area contributed by atoms with E-state index in [0.29, 0.717) is 12.3 Å². The van der Waals surface area contributed by atoms with Gasteiger partial charge < -0.3 is 14.8 Å². The Balaban J connectivity index is 1.62. The van der Waals surface area contributed by atoms with Crippen molar-refractivity contribution in [2.75, 3.05) is 26.4 Å². The van der Waals surface area contributed by atoms with Crippen LogP contribution in [0.4, 0.5) is 0 Å². The van der Waals surface area contributed by atoms with Crippen molar-refractivity contribution in [2.45, 2.75) is 38.5 Å². The molecule has 0 aliphatic rings. The monoisotopic (exact) mass is 437 g/mol. The summed E-state index contributed by atoms with van der Waals surface area (Å²) in [5, 5.41) is 12.6. The fourth-order valence-electron chi connectivity index (χ4n) is 3.48. The van der Waals surface area contributed by atoms with E-state index < -0.39 is 0 Å². The van der Waals surface area contributed by atoms with Crippen LogP contribution in [-0.2, 0) is 11.3 Å².